The lowest BCUT2D eigenvalue weighted by Crippen LogP contribution is -2.34. The number of nitrogens with zero attached hydrogens (tertiary/aromatic N) is 1. The van der Waals surface area contributed by atoms with Gasteiger partial charge in [-0.1, -0.05) is 42.5 Å². The molecule has 2 heterocycles. The molecule has 1 N–H and O–H groups in total. The predicted molar refractivity (Wildman–Crippen MR) is 83.0 cm³/mol. The Kier molecular flexibility index (Phi) is 4.25. The van der Waals surface area contributed by atoms with Crippen molar-refractivity contribution in [3.05, 3.63) is 42.0 Å². The van der Waals surface area contributed by atoms with E-state index < -0.39 is 0 Å². The Bertz CT molecular complexity index is 515. The van der Waals surface area contributed by atoms with E-state index in [1.807, 2.05) is 6.07 Å². The highest BCUT2D eigenvalue weighted by Gasteiger charge is 2.41. The van der Waals surface area contributed by atoms with Crippen molar-refractivity contribution in [1.82, 2.24) is 10.2 Å². The van der Waals surface area contributed by atoms with Gasteiger partial charge in [0.05, 0.1) is 6.54 Å². The Labute approximate surface area is 125 Å². The maximum absolute atomic E-state index is 11.3. The van der Waals surface area contributed by atoms with Crippen molar-refractivity contribution in [2.24, 2.45) is 0 Å². The predicted octanol–water partition coefficient (Wildman–Crippen LogP) is 2.66. The average molecular weight is 286 g/mol. The largest absolute Gasteiger partial charge is 0.441 e. The third-order valence-corrected chi connectivity index (χ3v) is 4.33. The fourth-order valence-electron chi connectivity index (χ4n) is 3.09. The summed E-state index contributed by atoms with van der Waals surface area (Å²) in [4.78, 5) is 13.7. The van der Waals surface area contributed by atoms with Crippen LogP contribution >= 0.6 is 0 Å². The summed E-state index contributed by atoms with van der Waals surface area (Å²) in [5, 5.41) is 2.79. The maximum atomic E-state index is 11.3. The SMILES string of the molecule is O=C1NC[C@@]2(CCCN(C/C=C/c3ccccc3)CC2)O1. The van der Waals surface area contributed by atoms with Gasteiger partial charge in [0.2, 0.25) is 0 Å². The molecule has 21 heavy (non-hydrogen) atoms. The molecule has 1 atom stereocenters. The van der Waals surface area contributed by atoms with Gasteiger partial charge in [0.15, 0.2) is 0 Å². The number of ether oxygens (including phenoxy) is 1. The number of amides is 1. The van der Waals surface area contributed by atoms with Gasteiger partial charge in [-0.2, -0.15) is 0 Å². The van der Waals surface area contributed by atoms with E-state index in [4.69, 9.17) is 4.74 Å². The summed E-state index contributed by atoms with van der Waals surface area (Å²) in [7, 11) is 0. The molecule has 2 aliphatic heterocycles. The zero-order valence-electron chi connectivity index (χ0n) is 12.3. The molecule has 4 nitrogen and oxygen atoms in total. The first kappa shape index (κ1) is 14.1. The maximum Gasteiger partial charge on any atom is 0.407 e. The molecule has 0 bridgehead atoms. The number of benzene rings is 1. The van der Waals surface area contributed by atoms with Gasteiger partial charge in [-0.3, -0.25) is 4.90 Å². The molecule has 0 radical (unpaired) electrons. The standard InChI is InChI=1S/C17H22N2O2/c20-16-18-14-17(21-16)9-5-12-19(13-10-17)11-4-8-15-6-2-1-3-7-15/h1-4,6-8H,5,9-14H2,(H,18,20)/b8-4+/t17-/m0/s1. The second-order valence-corrected chi connectivity index (χ2v) is 5.89. The molecule has 0 aromatic heterocycles. The molecule has 4 heteroatoms. The second kappa shape index (κ2) is 6.31. The highest BCUT2D eigenvalue weighted by Crippen LogP contribution is 2.29. The summed E-state index contributed by atoms with van der Waals surface area (Å²) in [6, 6.07) is 10.4. The van der Waals surface area contributed by atoms with Gasteiger partial charge in [-0.25, -0.2) is 4.79 Å². The molecule has 0 saturated carbocycles. The molecule has 2 fully saturated rings. The quantitative estimate of drug-likeness (QED) is 0.929. The Morgan fingerprint density at radius 1 is 1.24 bits per heavy atom. The van der Waals surface area contributed by atoms with Crippen LogP contribution in [0.15, 0.2) is 36.4 Å². The minimum atomic E-state index is -0.257. The van der Waals surface area contributed by atoms with Crippen molar-refractivity contribution in [3.63, 3.8) is 0 Å². The smallest absolute Gasteiger partial charge is 0.407 e. The van der Waals surface area contributed by atoms with E-state index >= 15 is 0 Å². The van der Waals surface area contributed by atoms with E-state index in [2.05, 4.69) is 46.6 Å². The Balaban J connectivity index is 1.51. The van der Waals surface area contributed by atoms with Gasteiger partial charge in [0.25, 0.3) is 0 Å². The zero-order valence-corrected chi connectivity index (χ0v) is 12.3. The molecule has 1 spiro atoms. The minimum absolute atomic E-state index is 0.255. The molecule has 2 aliphatic rings. The second-order valence-electron chi connectivity index (χ2n) is 5.89. The van der Waals surface area contributed by atoms with E-state index in [0.717, 1.165) is 38.9 Å². The number of hydrogen-bond donors (Lipinski definition) is 1. The summed E-state index contributed by atoms with van der Waals surface area (Å²) in [5.74, 6) is 0. The topological polar surface area (TPSA) is 41.6 Å². The minimum Gasteiger partial charge on any atom is -0.441 e. The Hall–Kier alpha value is -1.81. The lowest BCUT2D eigenvalue weighted by Gasteiger charge is -2.24. The summed E-state index contributed by atoms with van der Waals surface area (Å²) in [6.07, 6.45) is 7.08. The van der Waals surface area contributed by atoms with Crippen LogP contribution in [0.3, 0.4) is 0 Å². The normalized spacial score (nSPS) is 26.8. The number of rotatable bonds is 3. The lowest BCUT2D eigenvalue weighted by atomic mass is 9.95. The van der Waals surface area contributed by atoms with E-state index in [9.17, 15) is 4.79 Å². The highest BCUT2D eigenvalue weighted by atomic mass is 16.6. The third-order valence-electron chi connectivity index (χ3n) is 4.33. The molecule has 1 aromatic rings. The first-order chi connectivity index (χ1) is 10.3. The number of alkyl carbamates (subject to hydrolysis) is 1. The van der Waals surface area contributed by atoms with Crippen LogP contribution in [0, 0.1) is 0 Å². The van der Waals surface area contributed by atoms with Gasteiger partial charge >= 0.3 is 6.09 Å². The summed E-state index contributed by atoms with van der Waals surface area (Å²) in [5.41, 5.74) is 0.979. The van der Waals surface area contributed by atoms with E-state index in [-0.39, 0.29) is 11.7 Å². The van der Waals surface area contributed by atoms with Gasteiger partial charge in [-0.15, -0.1) is 0 Å². The Morgan fingerprint density at radius 3 is 2.86 bits per heavy atom. The van der Waals surface area contributed by atoms with Crippen molar-refractivity contribution >= 4 is 12.2 Å². The Morgan fingerprint density at radius 2 is 2.10 bits per heavy atom. The molecule has 0 unspecified atom stereocenters. The van der Waals surface area contributed by atoms with Crippen LogP contribution in [0.1, 0.15) is 24.8 Å². The van der Waals surface area contributed by atoms with E-state index in [1.54, 1.807) is 0 Å². The van der Waals surface area contributed by atoms with Gasteiger partial charge < -0.3 is 10.1 Å². The first-order valence-corrected chi connectivity index (χ1v) is 7.67. The lowest BCUT2D eigenvalue weighted by molar-refractivity contribution is 0.0448. The summed E-state index contributed by atoms with van der Waals surface area (Å²) < 4.78 is 5.50. The first-order valence-electron chi connectivity index (χ1n) is 7.67. The number of hydrogen-bond acceptors (Lipinski definition) is 3. The summed E-state index contributed by atoms with van der Waals surface area (Å²) >= 11 is 0. The molecule has 1 aromatic carbocycles. The van der Waals surface area contributed by atoms with Crippen molar-refractivity contribution in [1.29, 1.82) is 0 Å². The zero-order chi connectivity index (χ0) is 14.5. The van der Waals surface area contributed by atoms with Crippen LogP contribution in [-0.4, -0.2) is 42.8 Å². The van der Waals surface area contributed by atoms with Crippen molar-refractivity contribution < 1.29 is 9.53 Å². The molecule has 3 rings (SSSR count). The molecular weight excluding hydrogens is 264 g/mol. The van der Waals surface area contributed by atoms with Crippen LogP contribution in [0.4, 0.5) is 4.79 Å². The average Bonchev–Trinajstić information content (AvgIpc) is 2.75. The molecule has 112 valence electrons. The number of carbonyl (C=O) groups is 1. The molecule has 2 saturated heterocycles. The van der Waals surface area contributed by atoms with Crippen molar-refractivity contribution in [2.75, 3.05) is 26.2 Å². The summed E-state index contributed by atoms with van der Waals surface area (Å²) in [6.45, 7) is 3.67. The van der Waals surface area contributed by atoms with Gasteiger partial charge in [0.1, 0.15) is 5.60 Å². The molecular formula is C17H22N2O2. The van der Waals surface area contributed by atoms with Crippen LogP contribution in [-0.2, 0) is 4.74 Å². The van der Waals surface area contributed by atoms with E-state index in [1.165, 1.54) is 5.56 Å². The molecule has 0 aliphatic carbocycles. The van der Waals surface area contributed by atoms with Gasteiger partial charge in [0, 0.05) is 19.5 Å². The molecule has 1 amide bonds. The van der Waals surface area contributed by atoms with Crippen LogP contribution < -0.4 is 5.32 Å². The highest BCUT2D eigenvalue weighted by molar-refractivity contribution is 5.70. The van der Waals surface area contributed by atoms with Crippen molar-refractivity contribution in [3.8, 4) is 0 Å². The third kappa shape index (κ3) is 3.64. The van der Waals surface area contributed by atoms with Crippen LogP contribution in [0.2, 0.25) is 0 Å². The fraction of sp³-hybridized carbons (Fsp3) is 0.471. The van der Waals surface area contributed by atoms with Crippen LogP contribution in [0.5, 0.6) is 0 Å². The fourth-order valence-corrected chi connectivity index (χ4v) is 3.09. The number of carbonyl (C=O) groups excluding carboxylic acids is 1. The van der Waals surface area contributed by atoms with Gasteiger partial charge in [-0.05, 0) is 24.9 Å². The number of likely N-dealkylation sites (tertiary alicyclic amines) is 1. The number of nitrogens with one attached hydrogen (secondary N) is 1. The van der Waals surface area contributed by atoms with Crippen LogP contribution in [0.25, 0.3) is 6.08 Å². The van der Waals surface area contributed by atoms with E-state index in [0.29, 0.717) is 6.54 Å². The van der Waals surface area contributed by atoms with Crippen molar-refractivity contribution in [2.45, 2.75) is 24.9 Å². The monoisotopic (exact) mass is 286 g/mol.